The third-order valence-corrected chi connectivity index (χ3v) is 1.94. The summed E-state index contributed by atoms with van der Waals surface area (Å²) in [7, 11) is 0. The first-order valence-corrected chi connectivity index (χ1v) is 4.20. The predicted molar refractivity (Wildman–Crippen MR) is 47.6 cm³/mol. The van der Waals surface area contributed by atoms with Crippen LogP contribution in [0.1, 0.15) is 13.3 Å². The van der Waals surface area contributed by atoms with E-state index in [2.05, 4.69) is 19.6 Å². The molecule has 2 heteroatoms. The molecular weight excluding hydrogens is 152 g/mol. The molecule has 2 nitrogen and oxygen atoms in total. The van der Waals surface area contributed by atoms with Gasteiger partial charge in [-0.25, -0.2) is 0 Å². The summed E-state index contributed by atoms with van der Waals surface area (Å²) in [5.74, 6) is 0.349. The molecule has 0 N–H and O–H groups in total. The number of allylic oxidation sites excluding steroid dienone is 1. The molecule has 0 unspecified atom stereocenters. The molecule has 0 aromatic heterocycles. The zero-order valence-corrected chi connectivity index (χ0v) is 7.32. The lowest BCUT2D eigenvalue weighted by molar-refractivity contribution is -0.145. The minimum absolute atomic E-state index is 0.0278. The second-order valence-electron chi connectivity index (χ2n) is 3.12. The van der Waals surface area contributed by atoms with Gasteiger partial charge in [0.15, 0.2) is 0 Å². The van der Waals surface area contributed by atoms with Crippen LogP contribution >= 0.6 is 0 Å². The van der Waals surface area contributed by atoms with E-state index in [1.54, 1.807) is 6.08 Å². The van der Waals surface area contributed by atoms with Crippen LogP contribution in [0.15, 0.2) is 24.8 Å². The minimum Gasteiger partial charge on any atom is -0.461 e. The maximum absolute atomic E-state index is 11.2. The average molecular weight is 166 g/mol. The van der Waals surface area contributed by atoms with Gasteiger partial charge in [0.2, 0.25) is 0 Å². The van der Waals surface area contributed by atoms with Crippen LogP contribution in [0.25, 0.3) is 0 Å². The van der Waals surface area contributed by atoms with Crippen LogP contribution in [0.3, 0.4) is 0 Å². The van der Waals surface area contributed by atoms with Crippen molar-refractivity contribution < 1.29 is 9.53 Å². The maximum Gasteiger partial charge on any atom is 0.313 e. The van der Waals surface area contributed by atoms with Crippen LogP contribution in [0.4, 0.5) is 0 Å². The molecule has 0 aromatic carbocycles. The summed E-state index contributed by atoms with van der Waals surface area (Å²) in [6.07, 6.45) is 6.45. The van der Waals surface area contributed by atoms with Gasteiger partial charge in [0.25, 0.3) is 0 Å². The number of rotatable bonds is 3. The van der Waals surface area contributed by atoms with E-state index in [0.717, 1.165) is 6.42 Å². The topological polar surface area (TPSA) is 26.3 Å². The van der Waals surface area contributed by atoms with Crippen molar-refractivity contribution in [3.05, 3.63) is 24.8 Å². The predicted octanol–water partition coefficient (Wildman–Crippen LogP) is 1.93. The van der Waals surface area contributed by atoms with Crippen molar-refractivity contribution in [2.45, 2.75) is 13.3 Å². The van der Waals surface area contributed by atoms with Crippen molar-refractivity contribution >= 4 is 5.97 Å². The number of carbonyl (C=O) groups excluding carboxylic acids is 1. The van der Waals surface area contributed by atoms with Crippen LogP contribution in [-0.2, 0) is 9.53 Å². The van der Waals surface area contributed by atoms with Crippen LogP contribution in [0, 0.1) is 11.8 Å². The Morgan fingerprint density at radius 3 is 3.00 bits per heavy atom. The second kappa shape index (κ2) is 4.10. The SMILES string of the molecule is C=CCOC(=O)[C@@H]1C=C[C@H](C)C1. The molecule has 1 aliphatic rings. The molecule has 1 aliphatic carbocycles. The van der Waals surface area contributed by atoms with Crippen LogP contribution in [0.2, 0.25) is 0 Å². The summed E-state index contributed by atoms with van der Waals surface area (Å²) in [4.78, 5) is 11.2. The number of ether oxygens (including phenoxy) is 1. The molecule has 0 saturated carbocycles. The van der Waals surface area contributed by atoms with E-state index in [4.69, 9.17) is 4.74 Å². The van der Waals surface area contributed by atoms with Crippen LogP contribution in [-0.4, -0.2) is 12.6 Å². The van der Waals surface area contributed by atoms with Gasteiger partial charge in [0.1, 0.15) is 6.61 Å². The third-order valence-electron chi connectivity index (χ3n) is 1.94. The normalized spacial score (nSPS) is 27.1. The molecule has 12 heavy (non-hydrogen) atoms. The van der Waals surface area contributed by atoms with E-state index >= 15 is 0 Å². The quantitative estimate of drug-likeness (QED) is 0.473. The van der Waals surface area contributed by atoms with Gasteiger partial charge in [-0.05, 0) is 12.3 Å². The van der Waals surface area contributed by atoms with E-state index in [9.17, 15) is 4.79 Å². The van der Waals surface area contributed by atoms with Gasteiger partial charge in [-0.3, -0.25) is 4.79 Å². The molecular formula is C10H14O2. The molecule has 0 heterocycles. The lowest BCUT2D eigenvalue weighted by Gasteiger charge is -2.07. The van der Waals surface area contributed by atoms with Crippen molar-refractivity contribution in [1.82, 2.24) is 0 Å². The zero-order chi connectivity index (χ0) is 8.97. The highest BCUT2D eigenvalue weighted by atomic mass is 16.5. The maximum atomic E-state index is 11.2. The summed E-state index contributed by atoms with van der Waals surface area (Å²) in [6, 6.07) is 0. The summed E-state index contributed by atoms with van der Waals surface area (Å²) in [5.41, 5.74) is 0. The summed E-state index contributed by atoms with van der Waals surface area (Å²) in [5, 5.41) is 0. The Balaban J connectivity index is 2.34. The first-order chi connectivity index (χ1) is 5.74. The molecule has 0 saturated heterocycles. The minimum atomic E-state index is -0.129. The largest absolute Gasteiger partial charge is 0.461 e. The fraction of sp³-hybridized carbons (Fsp3) is 0.500. The van der Waals surface area contributed by atoms with Gasteiger partial charge >= 0.3 is 5.97 Å². The second-order valence-corrected chi connectivity index (χ2v) is 3.12. The van der Waals surface area contributed by atoms with Gasteiger partial charge in [-0.2, -0.15) is 0 Å². The Morgan fingerprint density at radius 2 is 2.50 bits per heavy atom. The third kappa shape index (κ3) is 2.22. The van der Waals surface area contributed by atoms with Crippen molar-refractivity contribution in [3.63, 3.8) is 0 Å². The molecule has 0 bridgehead atoms. The van der Waals surface area contributed by atoms with E-state index in [0.29, 0.717) is 12.5 Å². The molecule has 0 aliphatic heterocycles. The van der Waals surface area contributed by atoms with Crippen LogP contribution < -0.4 is 0 Å². The highest BCUT2D eigenvalue weighted by Gasteiger charge is 2.22. The smallest absolute Gasteiger partial charge is 0.313 e. The van der Waals surface area contributed by atoms with E-state index in [1.807, 2.05) is 6.08 Å². The molecule has 0 fully saturated rings. The summed E-state index contributed by atoms with van der Waals surface area (Å²) < 4.78 is 4.92. The highest BCUT2D eigenvalue weighted by molar-refractivity contribution is 5.75. The fourth-order valence-corrected chi connectivity index (χ4v) is 1.30. The van der Waals surface area contributed by atoms with Crippen LogP contribution in [0.5, 0.6) is 0 Å². The summed E-state index contributed by atoms with van der Waals surface area (Å²) >= 11 is 0. The highest BCUT2D eigenvalue weighted by Crippen LogP contribution is 2.23. The first kappa shape index (κ1) is 9.04. The van der Waals surface area contributed by atoms with Crippen molar-refractivity contribution in [2.75, 3.05) is 6.61 Å². The number of hydrogen-bond donors (Lipinski definition) is 0. The molecule has 0 spiro atoms. The van der Waals surface area contributed by atoms with E-state index in [-0.39, 0.29) is 11.9 Å². The van der Waals surface area contributed by atoms with Gasteiger partial charge < -0.3 is 4.74 Å². The monoisotopic (exact) mass is 166 g/mol. The number of hydrogen-bond acceptors (Lipinski definition) is 2. The summed E-state index contributed by atoms with van der Waals surface area (Å²) in [6.45, 7) is 5.89. The van der Waals surface area contributed by atoms with Gasteiger partial charge in [0.05, 0.1) is 5.92 Å². The van der Waals surface area contributed by atoms with Crippen molar-refractivity contribution in [1.29, 1.82) is 0 Å². The number of esters is 1. The van der Waals surface area contributed by atoms with Gasteiger partial charge in [-0.15, -0.1) is 0 Å². The Hall–Kier alpha value is -1.05. The lowest BCUT2D eigenvalue weighted by Crippen LogP contribution is -2.14. The Bertz CT molecular complexity index is 206. The zero-order valence-electron chi connectivity index (χ0n) is 7.32. The Morgan fingerprint density at radius 1 is 1.75 bits per heavy atom. The van der Waals surface area contributed by atoms with Gasteiger partial charge in [-0.1, -0.05) is 31.7 Å². The van der Waals surface area contributed by atoms with Crippen molar-refractivity contribution in [3.8, 4) is 0 Å². The average Bonchev–Trinajstić information content (AvgIpc) is 2.47. The Kier molecular flexibility index (Phi) is 3.09. The Labute approximate surface area is 72.9 Å². The molecule has 0 amide bonds. The van der Waals surface area contributed by atoms with E-state index in [1.165, 1.54) is 0 Å². The van der Waals surface area contributed by atoms with Gasteiger partial charge in [0, 0.05) is 0 Å². The standard InChI is InChI=1S/C10H14O2/c1-3-6-12-10(11)9-5-4-8(2)7-9/h3-5,8-9H,1,6-7H2,2H3/t8-,9+/m0/s1. The molecule has 2 atom stereocenters. The number of carbonyl (C=O) groups is 1. The first-order valence-electron chi connectivity index (χ1n) is 4.20. The van der Waals surface area contributed by atoms with E-state index < -0.39 is 0 Å². The molecule has 0 radical (unpaired) electrons. The van der Waals surface area contributed by atoms with Crippen molar-refractivity contribution in [2.24, 2.45) is 11.8 Å². The molecule has 0 aromatic rings. The molecule has 1 rings (SSSR count). The lowest BCUT2D eigenvalue weighted by atomic mass is 10.1. The fourth-order valence-electron chi connectivity index (χ4n) is 1.30. The molecule has 66 valence electrons.